The fraction of sp³-hybridized carbons (Fsp3) is 0.0952. The normalized spacial score (nSPS) is 10.4. The summed E-state index contributed by atoms with van der Waals surface area (Å²) in [5, 5.41) is 2.94. The van der Waals surface area contributed by atoms with Gasteiger partial charge in [0.25, 0.3) is 5.91 Å². The van der Waals surface area contributed by atoms with E-state index in [1.165, 1.54) is 24.5 Å². The first-order chi connectivity index (χ1) is 13.5. The predicted octanol–water partition coefficient (Wildman–Crippen LogP) is 4.27. The van der Waals surface area contributed by atoms with Gasteiger partial charge < -0.3 is 14.5 Å². The summed E-state index contributed by atoms with van der Waals surface area (Å²) in [5.41, 5.74) is 1.23. The molecule has 7 heteroatoms. The highest BCUT2D eigenvalue weighted by Gasteiger charge is 2.18. The van der Waals surface area contributed by atoms with E-state index in [0.717, 1.165) is 0 Å². The highest BCUT2D eigenvalue weighted by molar-refractivity contribution is 6.31. The average molecular weight is 398 g/mol. The summed E-state index contributed by atoms with van der Waals surface area (Å²) in [6.07, 6.45) is 1.36. The average Bonchev–Trinajstić information content (AvgIpc) is 3.13. The number of aryl methyl sites for hydroxylation is 1. The number of hydrogen-bond acceptors (Lipinski definition) is 5. The molecule has 1 amide bonds. The van der Waals surface area contributed by atoms with Gasteiger partial charge in [-0.25, -0.2) is 4.79 Å². The van der Waals surface area contributed by atoms with Gasteiger partial charge in [0.2, 0.25) is 0 Å². The molecule has 0 radical (unpaired) electrons. The maximum absolute atomic E-state index is 12.8. The SMILES string of the molecule is Cc1occc1C(=O)OCC(=O)Nc1ccc(Cl)cc1C(=O)c1ccccc1. The first-order valence-electron chi connectivity index (χ1n) is 8.36. The van der Waals surface area contributed by atoms with Crippen molar-refractivity contribution < 1.29 is 23.5 Å². The van der Waals surface area contributed by atoms with E-state index < -0.39 is 18.5 Å². The Morgan fingerprint density at radius 2 is 1.79 bits per heavy atom. The molecule has 2 aromatic carbocycles. The van der Waals surface area contributed by atoms with Gasteiger partial charge in [-0.05, 0) is 31.2 Å². The number of halogens is 1. The summed E-state index contributed by atoms with van der Waals surface area (Å²) < 4.78 is 10.0. The van der Waals surface area contributed by atoms with Gasteiger partial charge in [0.15, 0.2) is 12.4 Å². The highest BCUT2D eigenvalue weighted by Crippen LogP contribution is 2.24. The maximum Gasteiger partial charge on any atom is 0.342 e. The third kappa shape index (κ3) is 4.47. The number of benzene rings is 2. The molecular weight excluding hydrogens is 382 g/mol. The van der Waals surface area contributed by atoms with E-state index in [0.29, 0.717) is 16.3 Å². The van der Waals surface area contributed by atoms with Crippen LogP contribution in [0, 0.1) is 6.92 Å². The molecule has 0 aliphatic carbocycles. The number of amides is 1. The molecule has 0 spiro atoms. The molecule has 0 bridgehead atoms. The van der Waals surface area contributed by atoms with Gasteiger partial charge in [0, 0.05) is 16.1 Å². The number of nitrogens with one attached hydrogen (secondary N) is 1. The standard InChI is InChI=1S/C21H16ClNO5/c1-13-16(9-10-27-13)21(26)28-12-19(24)23-18-8-7-15(22)11-17(18)20(25)14-5-3-2-4-6-14/h2-11H,12H2,1H3,(H,23,24). The second-order valence-electron chi connectivity index (χ2n) is 5.90. The molecule has 0 unspecified atom stereocenters. The fourth-order valence-electron chi connectivity index (χ4n) is 2.55. The monoisotopic (exact) mass is 397 g/mol. The second kappa shape index (κ2) is 8.54. The number of esters is 1. The third-order valence-corrected chi connectivity index (χ3v) is 4.18. The lowest BCUT2D eigenvalue weighted by Gasteiger charge is -2.11. The van der Waals surface area contributed by atoms with Crippen LogP contribution in [0.5, 0.6) is 0 Å². The van der Waals surface area contributed by atoms with E-state index in [-0.39, 0.29) is 22.6 Å². The fourth-order valence-corrected chi connectivity index (χ4v) is 2.72. The first kappa shape index (κ1) is 19.4. The molecule has 3 rings (SSSR count). The zero-order chi connectivity index (χ0) is 20.1. The van der Waals surface area contributed by atoms with Crippen LogP contribution in [0.2, 0.25) is 5.02 Å². The topological polar surface area (TPSA) is 85.6 Å². The summed E-state index contributed by atoms with van der Waals surface area (Å²) in [6.45, 7) is 1.11. The number of ether oxygens (including phenoxy) is 1. The van der Waals surface area contributed by atoms with Gasteiger partial charge in [-0.2, -0.15) is 0 Å². The van der Waals surface area contributed by atoms with Crippen molar-refractivity contribution in [3.8, 4) is 0 Å². The van der Waals surface area contributed by atoms with Crippen LogP contribution in [-0.2, 0) is 9.53 Å². The molecule has 0 saturated carbocycles. The summed E-state index contributed by atoms with van der Waals surface area (Å²) in [6, 6.07) is 14.7. The molecule has 1 N–H and O–H groups in total. The molecule has 1 aromatic heterocycles. The molecule has 0 aliphatic heterocycles. The van der Waals surface area contributed by atoms with E-state index in [9.17, 15) is 14.4 Å². The van der Waals surface area contributed by atoms with Crippen LogP contribution in [0.1, 0.15) is 32.0 Å². The first-order valence-corrected chi connectivity index (χ1v) is 8.74. The van der Waals surface area contributed by atoms with Crippen molar-refractivity contribution in [3.05, 3.63) is 88.3 Å². The molecule has 1 heterocycles. The Balaban J connectivity index is 1.72. The van der Waals surface area contributed by atoms with Crippen LogP contribution in [0.25, 0.3) is 0 Å². The number of carbonyl (C=O) groups excluding carboxylic acids is 3. The van der Waals surface area contributed by atoms with Gasteiger partial charge >= 0.3 is 5.97 Å². The van der Waals surface area contributed by atoms with E-state index in [1.807, 2.05) is 0 Å². The Morgan fingerprint density at radius 3 is 2.46 bits per heavy atom. The van der Waals surface area contributed by atoms with Crippen LogP contribution in [-0.4, -0.2) is 24.3 Å². The van der Waals surface area contributed by atoms with Crippen LogP contribution in [0.3, 0.4) is 0 Å². The molecule has 6 nitrogen and oxygen atoms in total. The van der Waals surface area contributed by atoms with Crippen molar-refractivity contribution in [2.45, 2.75) is 6.92 Å². The van der Waals surface area contributed by atoms with Crippen LogP contribution < -0.4 is 5.32 Å². The van der Waals surface area contributed by atoms with E-state index in [4.69, 9.17) is 20.8 Å². The van der Waals surface area contributed by atoms with Gasteiger partial charge in [0.1, 0.15) is 11.3 Å². The van der Waals surface area contributed by atoms with E-state index >= 15 is 0 Å². The smallest absolute Gasteiger partial charge is 0.342 e. The van der Waals surface area contributed by atoms with Gasteiger partial charge in [-0.1, -0.05) is 41.9 Å². The van der Waals surface area contributed by atoms with Gasteiger partial charge in [0.05, 0.1) is 12.0 Å². The molecule has 0 fully saturated rings. The van der Waals surface area contributed by atoms with Crippen LogP contribution >= 0.6 is 11.6 Å². The zero-order valence-electron chi connectivity index (χ0n) is 14.9. The van der Waals surface area contributed by atoms with Crippen LogP contribution in [0.15, 0.2) is 65.3 Å². The molecule has 0 aliphatic rings. The number of rotatable bonds is 6. The lowest BCUT2D eigenvalue weighted by atomic mass is 10.0. The minimum absolute atomic E-state index is 0.240. The zero-order valence-corrected chi connectivity index (χ0v) is 15.7. The van der Waals surface area contributed by atoms with Crippen molar-refractivity contribution >= 4 is 34.9 Å². The predicted molar refractivity (Wildman–Crippen MR) is 104 cm³/mol. The molecule has 0 atom stereocenters. The maximum atomic E-state index is 12.8. The second-order valence-corrected chi connectivity index (χ2v) is 6.34. The Morgan fingerprint density at radius 1 is 1.04 bits per heavy atom. The minimum Gasteiger partial charge on any atom is -0.469 e. The summed E-state index contributed by atoms with van der Waals surface area (Å²) in [7, 11) is 0. The Bertz CT molecular complexity index is 1030. The molecule has 0 saturated heterocycles. The number of ketones is 1. The Hall–Kier alpha value is -3.38. The minimum atomic E-state index is -0.668. The largest absolute Gasteiger partial charge is 0.469 e. The quantitative estimate of drug-likeness (QED) is 0.496. The summed E-state index contributed by atoms with van der Waals surface area (Å²) >= 11 is 6.02. The number of furan rings is 1. The van der Waals surface area contributed by atoms with Crippen LogP contribution in [0.4, 0.5) is 5.69 Å². The van der Waals surface area contributed by atoms with Gasteiger partial charge in [-0.3, -0.25) is 9.59 Å². The number of anilines is 1. The molecule has 142 valence electrons. The lowest BCUT2D eigenvalue weighted by Crippen LogP contribution is -2.22. The van der Waals surface area contributed by atoms with Crippen molar-refractivity contribution in [2.24, 2.45) is 0 Å². The Labute approximate surface area is 166 Å². The lowest BCUT2D eigenvalue weighted by molar-refractivity contribution is -0.119. The van der Waals surface area contributed by atoms with Crippen molar-refractivity contribution in [3.63, 3.8) is 0 Å². The molecule has 28 heavy (non-hydrogen) atoms. The number of carbonyl (C=O) groups is 3. The molecule has 3 aromatic rings. The summed E-state index contributed by atoms with van der Waals surface area (Å²) in [5.74, 6) is -1.14. The Kier molecular flexibility index (Phi) is 5.91. The highest BCUT2D eigenvalue weighted by atomic mass is 35.5. The van der Waals surface area contributed by atoms with E-state index in [2.05, 4.69) is 5.32 Å². The van der Waals surface area contributed by atoms with Crippen molar-refractivity contribution in [2.75, 3.05) is 11.9 Å². The van der Waals surface area contributed by atoms with Gasteiger partial charge in [-0.15, -0.1) is 0 Å². The molecular formula is C21H16ClNO5. The number of hydrogen-bond donors (Lipinski definition) is 1. The van der Waals surface area contributed by atoms with E-state index in [1.54, 1.807) is 43.3 Å². The summed E-state index contributed by atoms with van der Waals surface area (Å²) in [4.78, 5) is 36.9. The van der Waals surface area contributed by atoms with Crippen molar-refractivity contribution in [1.82, 2.24) is 0 Å². The van der Waals surface area contributed by atoms with Crippen molar-refractivity contribution in [1.29, 1.82) is 0 Å². The third-order valence-electron chi connectivity index (χ3n) is 3.95.